The van der Waals surface area contributed by atoms with Gasteiger partial charge in [-0.05, 0) is 26.3 Å². The van der Waals surface area contributed by atoms with Crippen molar-refractivity contribution >= 4 is 17.3 Å². The first-order valence-corrected chi connectivity index (χ1v) is 6.73. The smallest absolute Gasteiger partial charge is 0.272 e. The lowest BCUT2D eigenvalue weighted by Crippen LogP contribution is -2.18. The molecule has 2 aromatic heterocycles. The highest BCUT2D eigenvalue weighted by Gasteiger charge is 2.17. The number of anilines is 2. The van der Waals surface area contributed by atoms with Gasteiger partial charge in [0.05, 0.1) is 17.1 Å². The van der Waals surface area contributed by atoms with Gasteiger partial charge in [0.25, 0.3) is 5.91 Å². The summed E-state index contributed by atoms with van der Waals surface area (Å²) in [5, 5.41) is 7.22. The van der Waals surface area contributed by atoms with Gasteiger partial charge in [0.1, 0.15) is 5.69 Å². The largest absolute Gasteiger partial charge is 0.397 e. The minimum absolute atomic E-state index is 0.168. The summed E-state index contributed by atoms with van der Waals surface area (Å²) < 4.78 is 3.57. The molecule has 0 radical (unpaired) electrons. The van der Waals surface area contributed by atoms with Crippen LogP contribution in [0.2, 0.25) is 0 Å². The van der Waals surface area contributed by atoms with Crippen LogP contribution in [-0.4, -0.2) is 20.3 Å². The molecule has 0 aliphatic carbocycles. The lowest BCUT2D eigenvalue weighted by atomic mass is 10.3. The van der Waals surface area contributed by atoms with Gasteiger partial charge in [-0.25, -0.2) is 0 Å². The Hall–Kier alpha value is -2.24. The molecule has 6 nitrogen and oxygen atoms in total. The molecule has 0 fully saturated rings. The molecule has 2 rings (SSSR count). The van der Waals surface area contributed by atoms with Gasteiger partial charge >= 0.3 is 0 Å². The predicted octanol–water partition coefficient (Wildman–Crippen LogP) is 2.20. The fraction of sp³-hybridized carbons (Fsp3) is 0.429. The molecule has 0 atom stereocenters. The number of nitrogens with one attached hydrogen (secondary N) is 1. The second-order valence-corrected chi connectivity index (χ2v) is 5.13. The molecule has 108 valence electrons. The molecular formula is C14H21N5O. The summed E-state index contributed by atoms with van der Waals surface area (Å²) in [6.45, 7) is 6.03. The van der Waals surface area contributed by atoms with E-state index in [0.717, 1.165) is 17.8 Å². The molecule has 2 aromatic rings. The minimum atomic E-state index is -0.168. The van der Waals surface area contributed by atoms with E-state index in [9.17, 15) is 4.79 Å². The molecule has 3 N–H and O–H groups in total. The first-order valence-electron chi connectivity index (χ1n) is 6.73. The second-order valence-electron chi connectivity index (χ2n) is 5.13. The maximum atomic E-state index is 12.4. The maximum absolute atomic E-state index is 12.4. The van der Waals surface area contributed by atoms with Gasteiger partial charge in [-0.2, -0.15) is 5.10 Å². The van der Waals surface area contributed by atoms with Gasteiger partial charge in [0.2, 0.25) is 0 Å². The highest BCUT2D eigenvalue weighted by atomic mass is 16.2. The SMILES string of the molecule is CCc1nn(C)cc1NC(=O)c1cc(N)cn1C(C)C. The third kappa shape index (κ3) is 2.68. The zero-order valence-electron chi connectivity index (χ0n) is 12.3. The Kier molecular flexibility index (Phi) is 3.83. The lowest BCUT2D eigenvalue weighted by Gasteiger charge is -2.12. The predicted molar refractivity (Wildman–Crippen MR) is 79.8 cm³/mol. The van der Waals surface area contributed by atoms with Crippen molar-refractivity contribution < 1.29 is 4.79 Å². The van der Waals surface area contributed by atoms with E-state index < -0.39 is 0 Å². The molecule has 20 heavy (non-hydrogen) atoms. The van der Waals surface area contributed by atoms with Crippen LogP contribution in [0.15, 0.2) is 18.5 Å². The van der Waals surface area contributed by atoms with E-state index >= 15 is 0 Å². The monoisotopic (exact) mass is 275 g/mol. The van der Waals surface area contributed by atoms with Crippen molar-refractivity contribution in [3.05, 3.63) is 29.8 Å². The Morgan fingerprint density at radius 1 is 1.45 bits per heavy atom. The van der Waals surface area contributed by atoms with Crippen molar-refractivity contribution in [2.24, 2.45) is 7.05 Å². The molecule has 0 unspecified atom stereocenters. The fourth-order valence-electron chi connectivity index (χ4n) is 2.20. The molecule has 2 heterocycles. The van der Waals surface area contributed by atoms with E-state index in [4.69, 9.17) is 5.73 Å². The summed E-state index contributed by atoms with van der Waals surface area (Å²) in [6, 6.07) is 1.87. The molecule has 0 saturated carbocycles. The van der Waals surface area contributed by atoms with Gasteiger partial charge in [-0.3, -0.25) is 9.48 Å². The van der Waals surface area contributed by atoms with Gasteiger partial charge in [-0.1, -0.05) is 6.92 Å². The van der Waals surface area contributed by atoms with E-state index in [0.29, 0.717) is 11.4 Å². The summed E-state index contributed by atoms with van der Waals surface area (Å²) in [7, 11) is 1.84. The standard InChI is InChI=1S/C14H21N5O/c1-5-11-12(8-18(4)17-11)16-14(20)13-6-10(15)7-19(13)9(2)3/h6-9H,5,15H2,1-4H3,(H,16,20). The Balaban J connectivity index is 2.28. The molecule has 0 aliphatic rings. The van der Waals surface area contributed by atoms with E-state index in [1.807, 2.05) is 38.6 Å². The van der Waals surface area contributed by atoms with Crippen LogP contribution in [0.3, 0.4) is 0 Å². The Bertz CT molecular complexity index is 624. The Morgan fingerprint density at radius 3 is 2.75 bits per heavy atom. The Labute approximate surface area is 118 Å². The van der Waals surface area contributed by atoms with Crippen molar-refractivity contribution in [2.45, 2.75) is 33.2 Å². The van der Waals surface area contributed by atoms with E-state index in [-0.39, 0.29) is 11.9 Å². The van der Waals surface area contributed by atoms with Gasteiger partial charge in [0, 0.05) is 25.5 Å². The average molecular weight is 275 g/mol. The van der Waals surface area contributed by atoms with Crippen LogP contribution in [0, 0.1) is 0 Å². The van der Waals surface area contributed by atoms with Crippen molar-refractivity contribution in [2.75, 3.05) is 11.1 Å². The quantitative estimate of drug-likeness (QED) is 0.898. The summed E-state index contributed by atoms with van der Waals surface area (Å²) >= 11 is 0. The van der Waals surface area contributed by atoms with Gasteiger partial charge in [0.15, 0.2) is 0 Å². The summed E-state index contributed by atoms with van der Waals surface area (Å²) in [6.07, 6.45) is 4.36. The normalized spacial score (nSPS) is 11.1. The van der Waals surface area contributed by atoms with Gasteiger partial charge in [-0.15, -0.1) is 0 Å². The number of carbonyl (C=O) groups is 1. The van der Waals surface area contributed by atoms with Gasteiger partial charge < -0.3 is 15.6 Å². The topological polar surface area (TPSA) is 77.9 Å². The number of carbonyl (C=O) groups excluding carboxylic acids is 1. The summed E-state index contributed by atoms with van der Waals surface area (Å²) in [4.78, 5) is 12.4. The number of hydrogen-bond acceptors (Lipinski definition) is 3. The molecule has 0 saturated heterocycles. The van der Waals surface area contributed by atoms with Crippen LogP contribution in [-0.2, 0) is 13.5 Å². The van der Waals surface area contributed by atoms with Crippen LogP contribution < -0.4 is 11.1 Å². The second kappa shape index (κ2) is 5.40. The number of hydrogen-bond donors (Lipinski definition) is 2. The molecular weight excluding hydrogens is 254 g/mol. The zero-order valence-corrected chi connectivity index (χ0v) is 12.3. The third-order valence-electron chi connectivity index (χ3n) is 3.15. The summed E-state index contributed by atoms with van der Waals surface area (Å²) in [5.74, 6) is -0.168. The average Bonchev–Trinajstić information content (AvgIpc) is 2.92. The first kappa shape index (κ1) is 14.2. The molecule has 6 heteroatoms. The number of aromatic nitrogens is 3. The molecule has 0 bridgehead atoms. The first-order chi connectivity index (χ1) is 9.42. The number of nitrogen functional groups attached to an aromatic ring is 1. The number of amides is 1. The van der Waals surface area contributed by atoms with Crippen LogP contribution in [0.4, 0.5) is 11.4 Å². The molecule has 1 amide bonds. The summed E-state index contributed by atoms with van der Waals surface area (Å²) in [5.41, 5.74) is 8.56. The number of nitrogens with zero attached hydrogens (tertiary/aromatic N) is 3. The number of nitrogens with two attached hydrogens (primary N) is 1. The lowest BCUT2D eigenvalue weighted by molar-refractivity contribution is 0.101. The highest BCUT2D eigenvalue weighted by Crippen LogP contribution is 2.19. The van der Waals surface area contributed by atoms with Crippen LogP contribution >= 0.6 is 0 Å². The molecule has 0 aliphatic heterocycles. The number of aryl methyl sites for hydroxylation is 2. The van der Waals surface area contributed by atoms with Crippen LogP contribution in [0.1, 0.15) is 43.0 Å². The van der Waals surface area contributed by atoms with Crippen LogP contribution in [0.25, 0.3) is 0 Å². The zero-order chi connectivity index (χ0) is 14.9. The van der Waals surface area contributed by atoms with E-state index in [2.05, 4.69) is 10.4 Å². The molecule has 0 aromatic carbocycles. The van der Waals surface area contributed by atoms with E-state index in [1.54, 1.807) is 16.9 Å². The Morgan fingerprint density at radius 2 is 2.15 bits per heavy atom. The van der Waals surface area contributed by atoms with Crippen LogP contribution in [0.5, 0.6) is 0 Å². The fourth-order valence-corrected chi connectivity index (χ4v) is 2.20. The van der Waals surface area contributed by atoms with E-state index in [1.165, 1.54) is 0 Å². The van der Waals surface area contributed by atoms with Crippen molar-refractivity contribution in [1.82, 2.24) is 14.3 Å². The van der Waals surface area contributed by atoms with Crippen molar-refractivity contribution in [3.8, 4) is 0 Å². The minimum Gasteiger partial charge on any atom is -0.397 e. The molecule has 0 spiro atoms. The maximum Gasteiger partial charge on any atom is 0.272 e. The highest BCUT2D eigenvalue weighted by molar-refractivity contribution is 6.04. The van der Waals surface area contributed by atoms with Crippen molar-refractivity contribution in [1.29, 1.82) is 0 Å². The van der Waals surface area contributed by atoms with Crippen molar-refractivity contribution in [3.63, 3.8) is 0 Å². The third-order valence-corrected chi connectivity index (χ3v) is 3.15. The number of rotatable bonds is 4.